The SMILES string of the molecule is CCn1c(=O)/c(=C\Nc2cccc(OCC(=O)NCC#N)c2)s/c1=C(/C#N)C(=O)NCC#N. The molecule has 2 rings (SSSR count). The molecule has 1 aromatic heterocycles. The first-order valence-electron chi connectivity index (χ1n) is 9.57. The van der Waals surface area contributed by atoms with Crippen LogP contribution < -0.4 is 35.4 Å². The van der Waals surface area contributed by atoms with Crippen molar-refractivity contribution in [3.63, 3.8) is 0 Å². The number of hydrogen-bond acceptors (Lipinski definition) is 9. The lowest BCUT2D eigenvalue weighted by Crippen LogP contribution is -2.34. The lowest BCUT2D eigenvalue weighted by atomic mass is 10.3. The molecule has 0 radical (unpaired) electrons. The lowest BCUT2D eigenvalue weighted by molar-refractivity contribution is -0.122. The summed E-state index contributed by atoms with van der Waals surface area (Å²) in [4.78, 5) is 36.5. The molecule has 0 saturated carbocycles. The molecule has 0 saturated heterocycles. The molecule has 2 aromatic rings. The van der Waals surface area contributed by atoms with Gasteiger partial charge in [0, 0.05) is 24.5 Å². The fraction of sp³-hybridized carbons (Fsp3) is 0.238. The smallest absolute Gasteiger partial charge is 0.270 e. The van der Waals surface area contributed by atoms with Crippen molar-refractivity contribution in [2.75, 3.05) is 25.0 Å². The third-order valence-corrected chi connectivity index (χ3v) is 5.17. The summed E-state index contributed by atoms with van der Waals surface area (Å²) in [6.07, 6.45) is 1.45. The molecule has 0 bridgehead atoms. The Hall–Kier alpha value is -4.60. The third kappa shape index (κ3) is 6.69. The highest BCUT2D eigenvalue weighted by Gasteiger charge is 2.14. The Kier molecular flexibility index (Phi) is 9.20. The highest BCUT2D eigenvalue weighted by Crippen LogP contribution is 2.17. The van der Waals surface area contributed by atoms with Crippen LogP contribution in [0.25, 0.3) is 11.8 Å². The van der Waals surface area contributed by atoms with E-state index < -0.39 is 11.8 Å². The molecule has 0 aliphatic rings. The molecule has 11 nitrogen and oxygen atoms in total. The number of amides is 2. The average molecular weight is 465 g/mol. The summed E-state index contributed by atoms with van der Waals surface area (Å²) in [7, 11) is 0. The van der Waals surface area contributed by atoms with Crippen molar-refractivity contribution in [2.45, 2.75) is 13.5 Å². The number of anilines is 1. The normalized spacial score (nSPS) is 11.4. The number of ether oxygens (including phenoxy) is 1. The highest BCUT2D eigenvalue weighted by molar-refractivity contribution is 7.07. The molecular weight excluding hydrogens is 446 g/mol. The molecule has 0 aliphatic carbocycles. The van der Waals surface area contributed by atoms with E-state index in [1.807, 2.05) is 0 Å². The van der Waals surface area contributed by atoms with Crippen molar-refractivity contribution >= 4 is 40.6 Å². The maximum absolute atomic E-state index is 12.7. The summed E-state index contributed by atoms with van der Waals surface area (Å²) in [5.74, 6) is -0.769. The van der Waals surface area contributed by atoms with Gasteiger partial charge in [-0.15, -0.1) is 11.3 Å². The van der Waals surface area contributed by atoms with Gasteiger partial charge in [-0.05, 0) is 19.1 Å². The summed E-state index contributed by atoms with van der Waals surface area (Å²) in [6, 6.07) is 12.0. The van der Waals surface area contributed by atoms with E-state index in [-0.39, 0.29) is 46.6 Å². The fourth-order valence-corrected chi connectivity index (χ4v) is 3.65. The summed E-state index contributed by atoms with van der Waals surface area (Å²) in [6.45, 7) is 1.33. The lowest BCUT2D eigenvalue weighted by Gasteiger charge is -2.07. The van der Waals surface area contributed by atoms with Gasteiger partial charge in [-0.2, -0.15) is 15.8 Å². The molecule has 0 spiro atoms. The van der Waals surface area contributed by atoms with Crippen LogP contribution in [0.3, 0.4) is 0 Å². The van der Waals surface area contributed by atoms with Crippen LogP contribution in [-0.2, 0) is 16.1 Å². The third-order valence-electron chi connectivity index (χ3n) is 4.04. The van der Waals surface area contributed by atoms with Crippen LogP contribution in [0, 0.1) is 34.0 Å². The van der Waals surface area contributed by atoms with Gasteiger partial charge < -0.3 is 20.7 Å². The quantitative estimate of drug-likeness (QED) is 0.400. The fourth-order valence-electron chi connectivity index (χ4n) is 2.56. The predicted octanol–water partition coefficient (Wildman–Crippen LogP) is -0.888. The highest BCUT2D eigenvalue weighted by atomic mass is 32.1. The summed E-state index contributed by atoms with van der Waals surface area (Å²) in [5, 5.41) is 34.1. The molecule has 12 heteroatoms. The van der Waals surface area contributed by atoms with Crippen LogP contribution in [0.2, 0.25) is 0 Å². The van der Waals surface area contributed by atoms with Crippen LogP contribution in [0.15, 0.2) is 29.1 Å². The molecule has 33 heavy (non-hydrogen) atoms. The molecule has 1 aromatic carbocycles. The Morgan fingerprint density at radius 3 is 2.58 bits per heavy atom. The predicted molar refractivity (Wildman–Crippen MR) is 120 cm³/mol. The maximum Gasteiger partial charge on any atom is 0.270 e. The number of hydrogen-bond donors (Lipinski definition) is 3. The Morgan fingerprint density at radius 2 is 1.91 bits per heavy atom. The molecular formula is C21H19N7O4S. The standard InChI is InChI=1S/C21H19N7O4S/c1-2-28-20(31)17(33-21(28)16(11-24)19(30)26-9-7-23)12-27-14-4-3-5-15(10-14)32-13-18(29)25-8-6-22/h3-5,10,12,27H,2,8-9,13H2,1H3,(H,25,29)(H,26,30)/b17-12+,21-16-. The van der Waals surface area contributed by atoms with Crippen LogP contribution in [0.4, 0.5) is 5.69 Å². The van der Waals surface area contributed by atoms with Gasteiger partial charge in [-0.3, -0.25) is 19.0 Å². The van der Waals surface area contributed by atoms with Gasteiger partial charge in [0.1, 0.15) is 34.1 Å². The van der Waals surface area contributed by atoms with Gasteiger partial charge in [0.15, 0.2) is 12.2 Å². The number of rotatable bonds is 9. The summed E-state index contributed by atoms with van der Waals surface area (Å²) >= 11 is 0.969. The molecule has 0 atom stereocenters. The zero-order valence-electron chi connectivity index (χ0n) is 17.5. The van der Waals surface area contributed by atoms with Crippen molar-refractivity contribution < 1.29 is 14.3 Å². The number of carbonyl (C=O) groups excluding carboxylic acids is 2. The van der Waals surface area contributed by atoms with E-state index in [0.717, 1.165) is 11.3 Å². The van der Waals surface area contributed by atoms with E-state index in [2.05, 4.69) is 16.0 Å². The molecule has 1 heterocycles. The molecule has 0 fully saturated rings. The first-order chi connectivity index (χ1) is 15.9. The molecule has 2 amide bonds. The van der Waals surface area contributed by atoms with Crippen molar-refractivity contribution in [1.82, 2.24) is 15.2 Å². The second kappa shape index (κ2) is 12.3. The van der Waals surface area contributed by atoms with Gasteiger partial charge >= 0.3 is 0 Å². The van der Waals surface area contributed by atoms with Crippen LogP contribution in [0.5, 0.6) is 5.75 Å². The topological polar surface area (TPSA) is 173 Å². The number of aromatic nitrogens is 1. The van der Waals surface area contributed by atoms with E-state index >= 15 is 0 Å². The van der Waals surface area contributed by atoms with Gasteiger partial charge in [-0.25, -0.2) is 0 Å². The number of carbonyl (C=O) groups is 2. The van der Waals surface area contributed by atoms with Crippen LogP contribution in [0.1, 0.15) is 6.92 Å². The van der Waals surface area contributed by atoms with Crippen molar-refractivity contribution in [3.05, 3.63) is 43.8 Å². The van der Waals surface area contributed by atoms with Gasteiger partial charge in [0.25, 0.3) is 17.4 Å². The van der Waals surface area contributed by atoms with Crippen molar-refractivity contribution in [3.8, 4) is 24.0 Å². The first kappa shape index (κ1) is 24.7. The number of nitriles is 3. The second-order valence-corrected chi connectivity index (χ2v) is 7.22. The minimum absolute atomic E-state index is 0.109. The Bertz CT molecular complexity index is 1340. The largest absolute Gasteiger partial charge is 0.484 e. The Labute approximate surface area is 192 Å². The molecule has 0 aliphatic heterocycles. The number of nitrogens with one attached hydrogen (secondary N) is 3. The minimum atomic E-state index is -0.731. The van der Waals surface area contributed by atoms with Gasteiger partial charge in [-0.1, -0.05) is 6.07 Å². The minimum Gasteiger partial charge on any atom is -0.484 e. The Morgan fingerprint density at radius 1 is 1.18 bits per heavy atom. The van der Waals surface area contributed by atoms with E-state index in [4.69, 9.17) is 15.3 Å². The monoisotopic (exact) mass is 465 g/mol. The first-order valence-corrected chi connectivity index (χ1v) is 10.4. The number of benzene rings is 1. The zero-order valence-corrected chi connectivity index (χ0v) is 18.4. The number of thiazole rings is 1. The average Bonchev–Trinajstić information content (AvgIpc) is 3.14. The number of nitrogens with zero attached hydrogens (tertiary/aromatic N) is 4. The second-order valence-electron chi connectivity index (χ2n) is 6.19. The van der Waals surface area contributed by atoms with Gasteiger partial charge in [0.2, 0.25) is 0 Å². The van der Waals surface area contributed by atoms with E-state index in [0.29, 0.717) is 11.4 Å². The molecule has 168 valence electrons. The van der Waals surface area contributed by atoms with Crippen molar-refractivity contribution in [1.29, 1.82) is 15.8 Å². The molecule has 0 unspecified atom stereocenters. The van der Waals surface area contributed by atoms with Gasteiger partial charge in [0.05, 0.1) is 12.1 Å². The maximum atomic E-state index is 12.7. The molecule has 3 N–H and O–H groups in total. The van der Waals surface area contributed by atoms with Crippen LogP contribution in [-0.4, -0.2) is 36.1 Å². The Balaban J connectivity index is 2.30. The summed E-state index contributed by atoms with van der Waals surface area (Å²) in [5.41, 5.74) is -0.0649. The van der Waals surface area contributed by atoms with Crippen LogP contribution >= 0.6 is 11.3 Å². The van der Waals surface area contributed by atoms with Crippen molar-refractivity contribution in [2.24, 2.45) is 0 Å². The van der Waals surface area contributed by atoms with E-state index in [1.54, 1.807) is 49.4 Å². The van der Waals surface area contributed by atoms with E-state index in [9.17, 15) is 19.6 Å². The zero-order chi connectivity index (χ0) is 24.2. The van der Waals surface area contributed by atoms with E-state index in [1.165, 1.54) is 10.8 Å². The summed E-state index contributed by atoms with van der Waals surface area (Å²) < 4.78 is 7.14.